The second kappa shape index (κ2) is 9.24. The zero-order chi connectivity index (χ0) is 24.5. The first-order valence-electron chi connectivity index (χ1n) is 12.0. The molecule has 0 spiro atoms. The van der Waals surface area contributed by atoms with Crippen LogP contribution in [0.4, 0.5) is 5.69 Å². The third-order valence-corrected chi connectivity index (χ3v) is 6.21. The predicted octanol–water partition coefficient (Wildman–Crippen LogP) is 5.76. The number of anilines is 1. The molecule has 1 unspecified atom stereocenters. The molecule has 8 heteroatoms. The van der Waals surface area contributed by atoms with Crippen molar-refractivity contribution in [3.05, 3.63) is 79.3 Å². The number of aromatic nitrogens is 6. The molecule has 178 valence electrons. The average molecular weight is 476 g/mol. The van der Waals surface area contributed by atoms with Gasteiger partial charge in [0.2, 0.25) is 0 Å². The molecule has 0 aliphatic rings. The van der Waals surface area contributed by atoms with Gasteiger partial charge in [0.25, 0.3) is 0 Å². The quantitative estimate of drug-likeness (QED) is 0.218. The maximum absolute atomic E-state index is 10.1. The zero-order valence-electron chi connectivity index (χ0n) is 19.7. The molecular formula is C28H25N7O. The van der Waals surface area contributed by atoms with Gasteiger partial charge in [0.15, 0.2) is 5.82 Å². The highest BCUT2D eigenvalue weighted by Crippen LogP contribution is 2.33. The van der Waals surface area contributed by atoms with Gasteiger partial charge >= 0.3 is 0 Å². The Morgan fingerprint density at radius 2 is 1.92 bits per heavy atom. The Labute approximate surface area is 207 Å². The van der Waals surface area contributed by atoms with Gasteiger partial charge in [-0.25, -0.2) is 4.98 Å². The molecular weight excluding hydrogens is 450 g/mol. The normalized spacial score (nSPS) is 12.3. The Balaban J connectivity index is 1.40. The minimum absolute atomic E-state index is 0.598. The predicted molar refractivity (Wildman–Crippen MR) is 142 cm³/mol. The van der Waals surface area contributed by atoms with Gasteiger partial charge < -0.3 is 15.4 Å². The first kappa shape index (κ1) is 21.9. The number of hydrogen-bond acceptors (Lipinski definition) is 6. The van der Waals surface area contributed by atoms with Gasteiger partial charge in [-0.1, -0.05) is 37.6 Å². The summed E-state index contributed by atoms with van der Waals surface area (Å²) in [7, 11) is 0. The molecule has 6 aromatic rings. The number of pyridine rings is 2. The Hall–Kier alpha value is -4.56. The summed E-state index contributed by atoms with van der Waals surface area (Å²) in [5, 5.41) is 21.9. The summed E-state index contributed by atoms with van der Waals surface area (Å²) in [6, 6.07) is 20.0. The van der Waals surface area contributed by atoms with Crippen LogP contribution < -0.4 is 5.32 Å². The number of aliphatic hydroxyl groups is 1. The van der Waals surface area contributed by atoms with E-state index in [0.717, 1.165) is 62.1 Å². The number of benzene rings is 2. The second-order valence-corrected chi connectivity index (χ2v) is 8.75. The number of H-pyrrole nitrogens is 2. The van der Waals surface area contributed by atoms with Crippen molar-refractivity contribution in [2.24, 2.45) is 0 Å². The van der Waals surface area contributed by atoms with Crippen molar-refractivity contribution >= 4 is 27.6 Å². The van der Waals surface area contributed by atoms with Crippen molar-refractivity contribution in [2.75, 3.05) is 5.32 Å². The van der Waals surface area contributed by atoms with Crippen molar-refractivity contribution in [3.63, 3.8) is 0 Å². The molecule has 4 aromatic heterocycles. The van der Waals surface area contributed by atoms with Crippen molar-refractivity contribution in [1.82, 2.24) is 30.1 Å². The maximum atomic E-state index is 10.1. The lowest BCUT2D eigenvalue weighted by Crippen LogP contribution is -2.18. The third-order valence-electron chi connectivity index (χ3n) is 6.21. The van der Waals surface area contributed by atoms with E-state index in [1.165, 1.54) is 0 Å². The van der Waals surface area contributed by atoms with E-state index >= 15 is 0 Å². The fraction of sp³-hybridized carbons (Fsp3) is 0.143. The van der Waals surface area contributed by atoms with Crippen LogP contribution in [-0.2, 0) is 0 Å². The summed E-state index contributed by atoms with van der Waals surface area (Å²) in [4.78, 5) is 17.2. The van der Waals surface area contributed by atoms with Gasteiger partial charge in [-0.2, -0.15) is 5.10 Å². The molecule has 1 atom stereocenters. The van der Waals surface area contributed by atoms with E-state index in [2.05, 4.69) is 36.5 Å². The number of rotatable bonds is 7. The highest BCUT2D eigenvalue weighted by atomic mass is 16.3. The van der Waals surface area contributed by atoms with Crippen molar-refractivity contribution < 1.29 is 5.11 Å². The number of aliphatic hydroxyl groups excluding tert-OH is 1. The van der Waals surface area contributed by atoms with Gasteiger partial charge in [0.1, 0.15) is 11.9 Å². The van der Waals surface area contributed by atoms with Crippen LogP contribution in [-0.4, -0.2) is 41.5 Å². The fourth-order valence-corrected chi connectivity index (χ4v) is 4.46. The van der Waals surface area contributed by atoms with Gasteiger partial charge in [-0.15, -0.1) is 0 Å². The summed E-state index contributed by atoms with van der Waals surface area (Å²) in [6.45, 7) is 2.04. The SMILES string of the molecule is CCCC(O)Nc1cncc(-c2ccc3[nH]nc(-c4nc5c(-c6ccccn6)cccc5[nH]4)c3c2)c1. The summed E-state index contributed by atoms with van der Waals surface area (Å²) >= 11 is 0. The van der Waals surface area contributed by atoms with E-state index in [1.54, 1.807) is 12.4 Å². The van der Waals surface area contributed by atoms with Crippen LogP contribution in [0.3, 0.4) is 0 Å². The van der Waals surface area contributed by atoms with E-state index in [-0.39, 0.29) is 0 Å². The molecule has 0 saturated heterocycles. The maximum Gasteiger partial charge on any atom is 0.159 e. The van der Waals surface area contributed by atoms with Gasteiger partial charge in [-0.05, 0) is 48.4 Å². The molecule has 4 N–H and O–H groups in total. The Bertz CT molecular complexity index is 1660. The Morgan fingerprint density at radius 3 is 2.78 bits per heavy atom. The summed E-state index contributed by atoms with van der Waals surface area (Å²) in [5.41, 5.74) is 8.00. The molecule has 0 amide bonds. The topological polar surface area (TPSA) is 115 Å². The van der Waals surface area contributed by atoms with E-state index < -0.39 is 6.23 Å². The van der Waals surface area contributed by atoms with E-state index in [0.29, 0.717) is 12.2 Å². The molecule has 36 heavy (non-hydrogen) atoms. The standard InChI is InChI=1S/C28H25N7O/c1-2-6-25(36)31-19-13-18(15-29-16-19)17-10-11-23-21(14-17)27(35-34-23)28-32-24-9-5-7-20(26(24)33-28)22-8-3-4-12-30-22/h3-5,7-16,25,31,36H,2,6H2,1H3,(H,32,33)(H,34,35). The molecule has 0 aliphatic carbocycles. The number of fused-ring (bicyclic) bond motifs is 2. The Kier molecular flexibility index (Phi) is 5.63. The lowest BCUT2D eigenvalue weighted by molar-refractivity contribution is 0.192. The number of nitrogens with zero attached hydrogens (tertiary/aromatic N) is 4. The van der Waals surface area contributed by atoms with Crippen LogP contribution in [0.2, 0.25) is 0 Å². The first-order valence-corrected chi connectivity index (χ1v) is 12.0. The zero-order valence-corrected chi connectivity index (χ0v) is 19.7. The molecule has 0 aliphatic heterocycles. The van der Waals surface area contributed by atoms with Crippen molar-refractivity contribution in [2.45, 2.75) is 26.0 Å². The molecule has 2 aromatic carbocycles. The third kappa shape index (κ3) is 4.08. The van der Waals surface area contributed by atoms with Crippen LogP contribution in [0.25, 0.3) is 55.8 Å². The van der Waals surface area contributed by atoms with Gasteiger partial charge in [0, 0.05) is 28.9 Å². The Morgan fingerprint density at radius 1 is 0.972 bits per heavy atom. The van der Waals surface area contributed by atoms with Crippen molar-refractivity contribution in [3.8, 4) is 33.9 Å². The smallest absolute Gasteiger partial charge is 0.159 e. The first-order chi connectivity index (χ1) is 17.7. The summed E-state index contributed by atoms with van der Waals surface area (Å²) in [6.07, 6.45) is 6.30. The number of aromatic amines is 2. The number of hydrogen-bond donors (Lipinski definition) is 4. The second-order valence-electron chi connectivity index (χ2n) is 8.75. The highest BCUT2D eigenvalue weighted by molar-refractivity contribution is 5.98. The molecule has 4 heterocycles. The number of nitrogens with one attached hydrogen (secondary N) is 3. The largest absolute Gasteiger partial charge is 0.374 e. The molecule has 0 fully saturated rings. The van der Waals surface area contributed by atoms with E-state index in [4.69, 9.17) is 4.98 Å². The van der Waals surface area contributed by atoms with Gasteiger partial charge in [0.05, 0.1) is 34.1 Å². The highest BCUT2D eigenvalue weighted by Gasteiger charge is 2.16. The lowest BCUT2D eigenvalue weighted by Gasteiger charge is -2.13. The van der Waals surface area contributed by atoms with Crippen molar-refractivity contribution in [1.29, 1.82) is 0 Å². The van der Waals surface area contributed by atoms with E-state index in [1.807, 2.05) is 67.7 Å². The van der Waals surface area contributed by atoms with Gasteiger partial charge in [-0.3, -0.25) is 15.1 Å². The molecule has 6 rings (SSSR count). The molecule has 0 bridgehead atoms. The molecule has 0 radical (unpaired) electrons. The van der Waals surface area contributed by atoms with Crippen LogP contribution in [0, 0.1) is 0 Å². The van der Waals surface area contributed by atoms with Crippen LogP contribution in [0.1, 0.15) is 19.8 Å². The minimum Gasteiger partial charge on any atom is -0.374 e. The molecule has 8 nitrogen and oxygen atoms in total. The van der Waals surface area contributed by atoms with Crippen LogP contribution >= 0.6 is 0 Å². The number of para-hydroxylation sites is 1. The van der Waals surface area contributed by atoms with E-state index in [9.17, 15) is 5.11 Å². The summed E-state index contributed by atoms with van der Waals surface area (Å²) in [5.74, 6) is 0.688. The lowest BCUT2D eigenvalue weighted by atomic mass is 10.0. The number of imidazole rings is 1. The fourth-order valence-electron chi connectivity index (χ4n) is 4.46. The monoisotopic (exact) mass is 475 g/mol. The minimum atomic E-state index is -0.598. The summed E-state index contributed by atoms with van der Waals surface area (Å²) < 4.78 is 0. The van der Waals surface area contributed by atoms with Crippen LogP contribution in [0.5, 0.6) is 0 Å². The van der Waals surface area contributed by atoms with Crippen LogP contribution in [0.15, 0.2) is 79.3 Å². The average Bonchev–Trinajstić information content (AvgIpc) is 3.53. The molecule has 0 saturated carbocycles.